The summed E-state index contributed by atoms with van der Waals surface area (Å²) in [5.41, 5.74) is -1.74. The van der Waals surface area contributed by atoms with Crippen molar-refractivity contribution in [3.63, 3.8) is 0 Å². The SMILES string of the molecule is O=C(O)c1ccc(C(F)(F)F)cc1NC(=O)[C@H]1CCCN1. The molecule has 1 aliphatic rings. The summed E-state index contributed by atoms with van der Waals surface area (Å²) in [5, 5.41) is 14.1. The third kappa shape index (κ3) is 3.52. The summed E-state index contributed by atoms with van der Waals surface area (Å²) >= 11 is 0. The van der Waals surface area contributed by atoms with Gasteiger partial charge >= 0.3 is 12.1 Å². The molecule has 1 heterocycles. The summed E-state index contributed by atoms with van der Waals surface area (Å²) in [7, 11) is 0. The Bertz CT molecular complexity index is 566. The van der Waals surface area contributed by atoms with Crippen molar-refractivity contribution in [3.05, 3.63) is 29.3 Å². The van der Waals surface area contributed by atoms with Gasteiger partial charge in [0, 0.05) is 0 Å². The lowest BCUT2D eigenvalue weighted by molar-refractivity contribution is -0.137. The van der Waals surface area contributed by atoms with E-state index in [0.29, 0.717) is 25.1 Å². The van der Waals surface area contributed by atoms with E-state index < -0.39 is 29.7 Å². The van der Waals surface area contributed by atoms with Crippen LogP contribution in [-0.2, 0) is 11.0 Å². The molecule has 0 radical (unpaired) electrons. The van der Waals surface area contributed by atoms with Gasteiger partial charge in [0.2, 0.25) is 5.91 Å². The summed E-state index contributed by atoms with van der Waals surface area (Å²) in [4.78, 5) is 22.9. The van der Waals surface area contributed by atoms with E-state index in [4.69, 9.17) is 5.11 Å². The number of amides is 1. The molecule has 0 spiro atoms. The second-order valence-corrected chi connectivity index (χ2v) is 4.70. The van der Waals surface area contributed by atoms with Gasteiger partial charge in [-0.15, -0.1) is 0 Å². The first kappa shape index (κ1) is 15.3. The van der Waals surface area contributed by atoms with Crippen molar-refractivity contribution in [3.8, 4) is 0 Å². The summed E-state index contributed by atoms with van der Waals surface area (Å²) in [6.07, 6.45) is -3.26. The third-order valence-electron chi connectivity index (χ3n) is 3.21. The monoisotopic (exact) mass is 302 g/mol. The van der Waals surface area contributed by atoms with Crippen LogP contribution in [0.4, 0.5) is 18.9 Å². The lowest BCUT2D eigenvalue weighted by Crippen LogP contribution is -2.36. The molecule has 1 aromatic rings. The third-order valence-corrected chi connectivity index (χ3v) is 3.21. The molecule has 1 atom stereocenters. The quantitative estimate of drug-likeness (QED) is 0.799. The molecule has 2 rings (SSSR count). The van der Waals surface area contributed by atoms with Crippen molar-refractivity contribution in [2.75, 3.05) is 11.9 Å². The first-order chi connectivity index (χ1) is 9.79. The minimum Gasteiger partial charge on any atom is -0.478 e. The minimum atomic E-state index is -4.61. The molecular formula is C13H13F3N2O3. The van der Waals surface area contributed by atoms with Crippen molar-refractivity contribution in [1.29, 1.82) is 0 Å². The number of hydrogen-bond acceptors (Lipinski definition) is 3. The second kappa shape index (κ2) is 5.72. The topological polar surface area (TPSA) is 78.4 Å². The molecule has 0 bridgehead atoms. The highest BCUT2D eigenvalue weighted by Gasteiger charge is 2.32. The maximum absolute atomic E-state index is 12.7. The molecule has 5 nitrogen and oxygen atoms in total. The average Bonchev–Trinajstić information content (AvgIpc) is 2.91. The van der Waals surface area contributed by atoms with Crippen LogP contribution in [0.3, 0.4) is 0 Å². The van der Waals surface area contributed by atoms with Gasteiger partial charge in [0.1, 0.15) is 0 Å². The number of carboxylic acids is 1. The van der Waals surface area contributed by atoms with Crippen molar-refractivity contribution in [2.45, 2.75) is 25.1 Å². The normalized spacial score (nSPS) is 18.5. The van der Waals surface area contributed by atoms with Crippen LogP contribution in [0.25, 0.3) is 0 Å². The van der Waals surface area contributed by atoms with E-state index in [9.17, 15) is 22.8 Å². The van der Waals surface area contributed by atoms with Crippen LogP contribution >= 0.6 is 0 Å². The smallest absolute Gasteiger partial charge is 0.416 e. The molecule has 0 aromatic heterocycles. The van der Waals surface area contributed by atoms with Gasteiger partial charge in [0.25, 0.3) is 0 Å². The maximum Gasteiger partial charge on any atom is 0.416 e. The van der Waals surface area contributed by atoms with Crippen LogP contribution in [0.1, 0.15) is 28.8 Å². The molecule has 1 saturated heterocycles. The molecule has 114 valence electrons. The molecule has 0 aliphatic carbocycles. The standard InChI is InChI=1S/C13H13F3N2O3/c14-13(15,16)7-3-4-8(12(20)21)10(6-7)18-11(19)9-2-1-5-17-9/h3-4,6,9,17H,1-2,5H2,(H,18,19)(H,20,21)/t9-/m1/s1. The number of halogens is 3. The van der Waals surface area contributed by atoms with Crippen LogP contribution in [0, 0.1) is 0 Å². The summed E-state index contributed by atoms with van der Waals surface area (Å²) in [6.45, 7) is 0.645. The Morgan fingerprint density at radius 3 is 2.57 bits per heavy atom. The van der Waals surface area contributed by atoms with Crippen LogP contribution in [0.5, 0.6) is 0 Å². The Balaban J connectivity index is 2.30. The fourth-order valence-electron chi connectivity index (χ4n) is 2.14. The number of carbonyl (C=O) groups is 2. The zero-order valence-corrected chi connectivity index (χ0v) is 10.8. The average molecular weight is 302 g/mol. The number of anilines is 1. The highest BCUT2D eigenvalue weighted by Crippen LogP contribution is 2.32. The number of aromatic carboxylic acids is 1. The number of benzene rings is 1. The van der Waals surface area contributed by atoms with Gasteiger partial charge in [-0.05, 0) is 37.6 Å². The largest absolute Gasteiger partial charge is 0.478 e. The summed E-state index contributed by atoms with van der Waals surface area (Å²) < 4.78 is 38.0. The highest BCUT2D eigenvalue weighted by atomic mass is 19.4. The number of alkyl halides is 3. The van der Waals surface area contributed by atoms with Gasteiger partial charge < -0.3 is 15.7 Å². The maximum atomic E-state index is 12.7. The predicted octanol–water partition coefficient (Wildman–Crippen LogP) is 2.09. The number of carbonyl (C=O) groups excluding carboxylic acids is 1. The Labute approximate surface area is 118 Å². The molecule has 1 amide bonds. The molecule has 0 saturated carbocycles. The van der Waals surface area contributed by atoms with Crippen LogP contribution in [0.2, 0.25) is 0 Å². The number of rotatable bonds is 3. The first-order valence-corrected chi connectivity index (χ1v) is 6.28. The fraction of sp³-hybridized carbons (Fsp3) is 0.385. The Hall–Kier alpha value is -2.09. The Morgan fingerprint density at radius 2 is 2.05 bits per heavy atom. The highest BCUT2D eigenvalue weighted by molar-refractivity contribution is 6.02. The molecule has 1 aromatic carbocycles. The molecule has 0 unspecified atom stereocenters. The van der Waals surface area contributed by atoms with Crippen molar-refractivity contribution in [1.82, 2.24) is 5.32 Å². The van der Waals surface area contributed by atoms with Crippen LogP contribution in [0.15, 0.2) is 18.2 Å². The van der Waals surface area contributed by atoms with Crippen LogP contribution in [-0.4, -0.2) is 29.6 Å². The van der Waals surface area contributed by atoms with E-state index in [1.54, 1.807) is 0 Å². The molecule has 1 fully saturated rings. The molecule has 21 heavy (non-hydrogen) atoms. The number of carboxylic acid groups (broad SMARTS) is 1. The first-order valence-electron chi connectivity index (χ1n) is 6.28. The van der Waals surface area contributed by atoms with Crippen LogP contribution < -0.4 is 10.6 Å². The van der Waals surface area contributed by atoms with E-state index in [1.165, 1.54) is 0 Å². The summed E-state index contributed by atoms with van der Waals surface area (Å²) in [6, 6.07) is 1.63. The Morgan fingerprint density at radius 1 is 1.33 bits per heavy atom. The van der Waals surface area contributed by atoms with Crippen molar-refractivity contribution < 1.29 is 27.9 Å². The lowest BCUT2D eigenvalue weighted by Gasteiger charge is -2.15. The van der Waals surface area contributed by atoms with Crippen molar-refractivity contribution in [2.24, 2.45) is 0 Å². The zero-order chi connectivity index (χ0) is 15.6. The van der Waals surface area contributed by atoms with Gasteiger partial charge in [0.15, 0.2) is 0 Å². The van der Waals surface area contributed by atoms with Gasteiger partial charge in [-0.2, -0.15) is 13.2 Å². The van der Waals surface area contributed by atoms with E-state index in [-0.39, 0.29) is 11.3 Å². The molecule has 3 N–H and O–H groups in total. The molecule has 1 aliphatic heterocycles. The zero-order valence-electron chi connectivity index (χ0n) is 10.8. The predicted molar refractivity (Wildman–Crippen MR) is 68.1 cm³/mol. The summed E-state index contributed by atoms with van der Waals surface area (Å²) in [5.74, 6) is -1.94. The molecule has 8 heteroatoms. The Kier molecular flexibility index (Phi) is 4.17. The minimum absolute atomic E-state index is 0.351. The van der Waals surface area contributed by atoms with Gasteiger partial charge in [0.05, 0.1) is 22.9 Å². The molecular weight excluding hydrogens is 289 g/mol. The van der Waals surface area contributed by atoms with Gasteiger partial charge in [-0.1, -0.05) is 0 Å². The van der Waals surface area contributed by atoms with E-state index in [2.05, 4.69) is 10.6 Å². The number of hydrogen-bond donors (Lipinski definition) is 3. The van der Waals surface area contributed by atoms with E-state index in [0.717, 1.165) is 12.5 Å². The van der Waals surface area contributed by atoms with Crippen molar-refractivity contribution >= 4 is 17.6 Å². The van der Waals surface area contributed by atoms with E-state index >= 15 is 0 Å². The number of nitrogens with one attached hydrogen (secondary N) is 2. The van der Waals surface area contributed by atoms with E-state index in [1.807, 2.05) is 0 Å². The van der Waals surface area contributed by atoms with Gasteiger partial charge in [-0.3, -0.25) is 4.79 Å². The second-order valence-electron chi connectivity index (χ2n) is 4.70. The lowest BCUT2D eigenvalue weighted by atomic mass is 10.1. The fourth-order valence-corrected chi connectivity index (χ4v) is 2.14. The van der Waals surface area contributed by atoms with Gasteiger partial charge in [-0.25, -0.2) is 4.79 Å².